The third-order valence-corrected chi connectivity index (χ3v) is 2.95. The summed E-state index contributed by atoms with van der Waals surface area (Å²) in [7, 11) is 0. The van der Waals surface area contributed by atoms with Gasteiger partial charge in [0.1, 0.15) is 5.76 Å². The van der Waals surface area contributed by atoms with Gasteiger partial charge >= 0.3 is 18.2 Å². The van der Waals surface area contributed by atoms with Gasteiger partial charge in [-0.15, -0.1) is 0 Å². The Balaban J connectivity index is 2.87. The molecule has 0 saturated carbocycles. The van der Waals surface area contributed by atoms with Gasteiger partial charge in [-0.2, -0.15) is 13.2 Å². The highest BCUT2D eigenvalue weighted by molar-refractivity contribution is 5.86. The summed E-state index contributed by atoms with van der Waals surface area (Å²) in [6.07, 6.45) is -3.77. The van der Waals surface area contributed by atoms with Crippen LogP contribution in [0.1, 0.15) is 19.6 Å². The van der Waals surface area contributed by atoms with E-state index in [0.717, 1.165) is 4.90 Å². The molecule has 0 fully saturated rings. The quantitative estimate of drug-likeness (QED) is 0.873. The van der Waals surface area contributed by atoms with Crippen molar-refractivity contribution < 1.29 is 32.3 Å². The Bertz CT molecular complexity index is 501. The van der Waals surface area contributed by atoms with Crippen molar-refractivity contribution in [3.05, 3.63) is 24.2 Å². The summed E-state index contributed by atoms with van der Waals surface area (Å²) < 4.78 is 43.5. The average Bonchev–Trinajstić information content (AvgIpc) is 2.86. The van der Waals surface area contributed by atoms with Crippen LogP contribution in [0.15, 0.2) is 22.8 Å². The van der Waals surface area contributed by atoms with Gasteiger partial charge in [-0.3, -0.25) is 0 Å². The Morgan fingerprint density at radius 1 is 1.43 bits per heavy atom. The molecule has 1 heterocycles. The number of carboxylic acid groups (broad SMARTS) is 1. The predicted molar refractivity (Wildman–Crippen MR) is 65.4 cm³/mol. The molecule has 6 nitrogen and oxygen atoms in total. The number of rotatable bonds is 5. The van der Waals surface area contributed by atoms with Crippen LogP contribution in [0.4, 0.5) is 18.0 Å². The number of nitrogens with one attached hydrogen (secondary N) is 1. The highest BCUT2D eigenvalue weighted by Crippen LogP contribution is 2.30. The third-order valence-electron chi connectivity index (χ3n) is 2.95. The fraction of sp³-hybridized carbons (Fsp3) is 0.500. The number of alkyl halides is 3. The van der Waals surface area contributed by atoms with Gasteiger partial charge < -0.3 is 19.7 Å². The summed E-state index contributed by atoms with van der Waals surface area (Å²) in [5, 5.41) is 10.3. The summed E-state index contributed by atoms with van der Waals surface area (Å²) in [6.45, 7) is 1.96. The number of carbonyl (C=O) groups is 2. The molecular formula is C12H15F3N2O4. The van der Waals surface area contributed by atoms with Crippen molar-refractivity contribution in [2.45, 2.75) is 32.1 Å². The number of amides is 2. The first-order valence-electron chi connectivity index (χ1n) is 6.01. The second kappa shape index (κ2) is 6.06. The zero-order valence-electron chi connectivity index (χ0n) is 11.4. The second-order valence-corrected chi connectivity index (χ2v) is 4.45. The lowest BCUT2D eigenvalue weighted by atomic mass is 10.0. The maximum absolute atomic E-state index is 12.8. The molecule has 0 spiro atoms. The molecule has 2 N–H and O–H groups in total. The molecule has 1 rings (SSSR count). The number of aliphatic carboxylic acids is 1. The van der Waals surface area contributed by atoms with E-state index in [4.69, 9.17) is 9.52 Å². The van der Waals surface area contributed by atoms with E-state index in [1.54, 1.807) is 19.1 Å². The lowest BCUT2D eigenvalue weighted by molar-refractivity contribution is -0.203. The zero-order valence-corrected chi connectivity index (χ0v) is 11.4. The second-order valence-electron chi connectivity index (χ2n) is 4.45. The minimum Gasteiger partial charge on any atom is -0.479 e. The van der Waals surface area contributed by atoms with Crippen molar-refractivity contribution in [1.82, 2.24) is 10.2 Å². The molecule has 0 bridgehead atoms. The van der Waals surface area contributed by atoms with E-state index in [1.165, 1.54) is 11.6 Å². The SMILES string of the molecule is CCN(Cc1ccco1)C(=O)NC(C)(C(=O)O)C(F)(F)F. The molecule has 1 aromatic heterocycles. The van der Waals surface area contributed by atoms with Gasteiger partial charge in [-0.05, 0) is 26.0 Å². The monoisotopic (exact) mass is 308 g/mol. The fourth-order valence-corrected chi connectivity index (χ4v) is 1.46. The topological polar surface area (TPSA) is 82.8 Å². The summed E-state index contributed by atoms with van der Waals surface area (Å²) >= 11 is 0. The molecule has 2 amide bonds. The van der Waals surface area contributed by atoms with Gasteiger partial charge in [-0.1, -0.05) is 0 Å². The van der Waals surface area contributed by atoms with Crippen LogP contribution in [0.2, 0.25) is 0 Å². The first kappa shape index (κ1) is 16.9. The zero-order chi connectivity index (χ0) is 16.3. The van der Waals surface area contributed by atoms with Gasteiger partial charge in [0.15, 0.2) is 0 Å². The minimum atomic E-state index is -5.13. The van der Waals surface area contributed by atoms with Crippen molar-refractivity contribution >= 4 is 12.0 Å². The van der Waals surface area contributed by atoms with Gasteiger partial charge in [0.05, 0.1) is 12.8 Å². The number of nitrogens with zero attached hydrogens (tertiary/aromatic N) is 1. The molecule has 1 atom stereocenters. The van der Waals surface area contributed by atoms with Crippen LogP contribution < -0.4 is 5.32 Å². The largest absolute Gasteiger partial charge is 0.479 e. The lowest BCUT2D eigenvalue weighted by Gasteiger charge is -2.31. The summed E-state index contributed by atoms with van der Waals surface area (Å²) in [6, 6.07) is 1.98. The summed E-state index contributed by atoms with van der Waals surface area (Å²) in [5.41, 5.74) is -3.36. The Morgan fingerprint density at radius 2 is 2.05 bits per heavy atom. The van der Waals surface area contributed by atoms with Gasteiger partial charge in [0.25, 0.3) is 0 Å². The Labute approximate surface area is 118 Å². The maximum atomic E-state index is 12.8. The predicted octanol–water partition coefficient (Wildman–Crippen LogP) is 2.22. The number of urea groups is 1. The molecule has 0 radical (unpaired) electrons. The van der Waals surface area contributed by atoms with Crippen LogP contribution in [0.3, 0.4) is 0 Å². The van der Waals surface area contributed by atoms with E-state index in [1.807, 2.05) is 0 Å². The Kier molecular flexibility index (Phi) is 4.87. The number of carboxylic acids is 1. The lowest BCUT2D eigenvalue weighted by Crippen LogP contribution is -2.63. The number of hydrogen-bond donors (Lipinski definition) is 2. The Hall–Kier alpha value is -2.19. The first-order valence-corrected chi connectivity index (χ1v) is 6.01. The first-order chi connectivity index (χ1) is 9.61. The van der Waals surface area contributed by atoms with Crippen molar-refractivity contribution in [3.63, 3.8) is 0 Å². The highest BCUT2D eigenvalue weighted by Gasteiger charge is 2.58. The van der Waals surface area contributed by atoms with E-state index in [-0.39, 0.29) is 13.1 Å². The smallest absolute Gasteiger partial charge is 0.422 e. The maximum Gasteiger partial charge on any atom is 0.422 e. The number of hydrogen-bond acceptors (Lipinski definition) is 3. The molecule has 0 aliphatic carbocycles. The number of halogens is 3. The van der Waals surface area contributed by atoms with E-state index in [2.05, 4.69) is 0 Å². The van der Waals surface area contributed by atoms with Crippen molar-refractivity contribution in [2.75, 3.05) is 6.54 Å². The minimum absolute atomic E-state index is 0.0666. The van der Waals surface area contributed by atoms with E-state index in [9.17, 15) is 22.8 Å². The molecular weight excluding hydrogens is 293 g/mol. The van der Waals surface area contributed by atoms with E-state index >= 15 is 0 Å². The Morgan fingerprint density at radius 3 is 2.43 bits per heavy atom. The summed E-state index contributed by atoms with van der Waals surface area (Å²) in [5.74, 6) is -1.81. The van der Waals surface area contributed by atoms with Gasteiger partial charge in [-0.25, -0.2) is 9.59 Å². The molecule has 0 aliphatic heterocycles. The number of carbonyl (C=O) groups excluding carboxylic acids is 1. The molecule has 21 heavy (non-hydrogen) atoms. The molecule has 0 aliphatic rings. The molecule has 118 valence electrons. The van der Waals surface area contributed by atoms with Crippen molar-refractivity contribution in [1.29, 1.82) is 0 Å². The average molecular weight is 308 g/mol. The fourth-order valence-electron chi connectivity index (χ4n) is 1.46. The van der Waals surface area contributed by atoms with Crippen molar-refractivity contribution in [2.24, 2.45) is 0 Å². The van der Waals surface area contributed by atoms with E-state index in [0.29, 0.717) is 12.7 Å². The van der Waals surface area contributed by atoms with Crippen LogP contribution in [0, 0.1) is 0 Å². The van der Waals surface area contributed by atoms with Crippen LogP contribution in [0.5, 0.6) is 0 Å². The van der Waals surface area contributed by atoms with Gasteiger partial charge in [0.2, 0.25) is 5.54 Å². The molecule has 0 saturated heterocycles. The van der Waals surface area contributed by atoms with Crippen LogP contribution in [-0.4, -0.2) is 40.3 Å². The normalized spacial score (nSPS) is 14.3. The molecule has 9 heteroatoms. The summed E-state index contributed by atoms with van der Waals surface area (Å²) in [4.78, 5) is 23.7. The molecule has 1 unspecified atom stereocenters. The highest BCUT2D eigenvalue weighted by atomic mass is 19.4. The third kappa shape index (κ3) is 3.67. The van der Waals surface area contributed by atoms with Crippen LogP contribution in [-0.2, 0) is 11.3 Å². The number of furan rings is 1. The molecule has 1 aromatic rings. The van der Waals surface area contributed by atoms with E-state index < -0.39 is 23.7 Å². The van der Waals surface area contributed by atoms with Gasteiger partial charge in [0, 0.05) is 6.54 Å². The standard InChI is InChI=1S/C12H15F3N2O4/c1-3-17(7-8-5-4-6-21-8)10(20)16-11(2,9(18)19)12(13,14)15/h4-6H,3,7H2,1-2H3,(H,16,20)(H,18,19). The van der Waals surface area contributed by atoms with Crippen LogP contribution >= 0.6 is 0 Å². The van der Waals surface area contributed by atoms with Crippen LogP contribution in [0.25, 0.3) is 0 Å². The molecule has 0 aromatic carbocycles. The van der Waals surface area contributed by atoms with Crippen molar-refractivity contribution in [3.8, 4) is 0 Å².